The maximum Gasteiger partial charge on any atom is 0.326 e. The Kier molecular flexibility index (Phi) is 19.5. The minimum Gasteiger partial charge on any atom is -0.480 e. The summed E-state index contributed by atoms with van der Waals surface area (Å²) in [4.78, 5) is 84.4. The standard InChI is InChI=1S/C51H48Cl4N8O8/c52-36-7-5-8-37(53)45(36)48(66)62-39(50(68)69)27-30-12-17-33(18-13-30)60-43(64)10-2-4-25-57-42-23-16-32(29-59-42)35-21-22-38(54)46(47(35)55)49(67)63-40(51(70)71)28-31-14-19-34(20-15-31)61-44(65)11-6-26-58-41-9-1-3-24-56-41/h1,3,5,7-9,12-24,29,39-40H,2,4,6,10-11,25-28H2,(H,56,58)(H,57,59)(H,60,64)(H,61,65)(H,62,66)(H,63,67)(H,68,69)(H,70,71)/t39-,40-/m0/s1. The van der Waals surface area contributed by atoms with E-state index in [0.717, 1.165) is 5.82 Å². The number of unbranched alkanes of at least 4 members (excludes halogenated alkanes) is 1. The lowest BCUT2D eigenvalue weighted by Gasteiger charge is -2.17. The van der Waals surface area contributed by atoms with Gasteiger partial charge in [0.1, 0.15) is 23.7 Å². The van der Waals surface area contributed by atoms with E-state index in [0.29, 0.717) is 71.8 Å². The van der Waals surface area contributed by atoms with Crippen molar-refractivity contribution in [2.45, 2.75) is 57.0 Å². The van der Waals surface area contributed by atoms with Crippen LogP contribution in [-0.4, -0.2) is 80.9 Å². The van der Waals surface area contributed by atoms with Crippen LogP contribution in [0.1, 0.15) is 63.9 Å². The zero-order valence-corrected chi connectivity index (χ0v) is 40.8. The van der Waals surface area contributed by atoms with E-state index in [1.165, 1.54) is 18.2 Å². The molecule has 368 valence electrons. The van der Waals surface area contributed by atoms with Crippen molar-refractivity contribution < 1.29 is 39.0 Å². The molecule has 0 unspecified atom stereocenters. The summed E-state index contributed by atoms with van der Waals surface area (Å²) in [5, 5.41) is 37.0. The van der Waals surface area contributed by atoms with Gasteiger partial charge < -0.3 is 42.1 Å². The number of carbonyl (C=O) groups is 6. The number of aliphatic carboxylic acids is 2. The van der Waals surface area contributed by atoms with Crippen molar-refractivity contribution in [3.05, 3.63) is 164 Å². The van der Waals surface area contributed by atoms with E-state index in [1.807, 2.05) is 18.2 Å². The SMILES string of the molecule is O=C(CCCCNc1ccc(-c2ccc(Cl)c(C(=O)N[C@@H](Cc3ccc(NC(=O)CCCNc4ccccn4)cc3)C(=O)O)c2Cl)cn1)Nc1ccc(C[C@H](NC(=O)c2c(Cl)cccc2Cl)C(=O)O)cc1. The number of pyridine rings is 2. The fraction of sp³-hybridized carbons (Fsp3) is 0.216. The maximum atomic E-state index is 13.6. The van der Waals surface area contributed by atoms with Crippen molar-refractivity contribution >= 4 is 105 Å². The van der Waals surface area contributed by atoms with E-state index >= 15 is 0 Å². The first kappa shape index (κ1) is 53.1. The molecule has 6 rings (SSSR count). The number of aromatic nitrogens is 2. The Labute approximate surface area is 428 Å². The van der Waals surface area contributed by atoms with Crippen LogP contribution in [0.2, 0.25) is 20.1 Å². The second-order valence-corrected chi connectivity index (χ2v) is 17.7. The van der Waals surface area contributed by atoms with Crippen molar-refractivity contribution in [3.8, 4) is 11.1 Å². The predicted molar refractivity (Wildman–Crippen MR) is 276 cm³/mol. The van der Waals surface area contributed by atoms with Crippen LogP contribution in [0.4, 0.5) is 23.0 Å². The second kappa shape index (κ2) is 26.1. The third-order valence-corrected chi connectivity index (χ3v) is 12.2. The first-order chi connectivity index (χ1) is 34.1. The fourth-order valence-electron chi connectivity index (χ4n) is 7.14. The molecule has 8 N–H and O–H groups in total. The number of amides is 4. The number of nitrogens with zero attached hydrogens (tertiary/aromatic N) is 2. The zero-order chi connectivity index (χ0) is 50.9. The highest BCUT2D eigenvalue weighted by Gasteiger charge is 2.26. The Morgan fingerprint density at radius 3 is 1.56 bits per heavy atom. The number of anilines is 4. The van der Waals surface area contributed by atoms with Gasteiger partial charge in [-0.05, 0) is 97.1 Å². The molecule has 0 radical (unpaired) electrons. The molecule has 0 aliphatic heterocycles. The molecule has 0 fully saturated rings. The Morgan fingerprint density at radius 2 is 1.04 bits per heavy atom. The normalized spacial score (nSPS) is 11.7. The number of halogens is 4. The van der Waals surface area contributed by atoms with Gasteiger partial charge in [0.05, 0.1) is 31.2 Å². The Morgan fingerprint density at radius 1 is 0.521 bits per heavy atom. The number of benzene rings is 4. The van der Waals surface area contributed by atoms with Gasteiger partial charge in [-0.2, -0.15) is 0 Å². The number of carbonyl (C=O) groups excluding carboxylic acids is 4. The quantitative estimate of drug-likeness (QED) is 0.0264. The number of carboxylic acid groups (broad SMARTS) is 2. The summed E-state index contributed by atoms with van der Waals surface area (Å²) in [6.07, 6.45) is 5.50. The van der Waals surface area contributed by atoms with Crippen molar-refractivity contribution in [1.82, 2.24) is 20.6 Å². The summed E-state index contributed by atoms with van der Waals surface area (Å²) < 4.78 is 0. The van der Waals surface area contributed by atoms with Gasteiger partial charge in [0.2, 0.25) is 11.8 Å². The summed E-state index contributed by atoms with van der Waals surface area (Å²) in [5.74, 6) is -3.08. The van der Waals surface area contributed by atoms with Crippen molar-refractivity contribution in [1.29, 1.82) is 0 Å². The molecule has 4 aromatic carbocycles. The molecule has 2 heterocycles. The van der Waals surface area contributed by atoms with E-state index in [2.05, 4.69) is 41.9 Å². The molecule has 6 aromatic rings. The van der Waals surface area contributed by atoms with E-state index in [1.54, 1.807) is 85.2 Å². The minimum absolute atomic E-state index is 0.0111. The van der Waals surface area contributed by atoms with Gasteiger partial charge in [-0.15, -0.1) is 0 Å². The molecule has 2 aromatic heterocycles. The first-order valence-corrected chi connectivity index (χ1v) is 23.8. The summed E-state index contributed by atoms with van der Waals surface area (Å²) in [6.45, 7) is 1.09. The van der Waals surface area contributed by atoms with Gasteiger partial charge in [0.25, 0.3) is 11.8 Å². The van der Waals surface area contributed by atoms with Crippen molar-refractivity contribution in [2.75, 3.05) is 34.4 Å². The average molecular weight is 1040 g/mol. The third kappa shape index (κ3) is 15.9. The number of hydrogen-bond acceptors (Lipinski definition) is 10. The zero-order valence-electron chi connectivity index (χ0n) is 37.8. The number of rotatable bonds is 24. The molecular formula is C51H48Cl4N8O8. The highest BCUT2D eigenvalue weighted by atomic mass is 35.5. The molecule has 0 saturated heterocycles. The summed E-state index contributed by atoms with van der Waals surface area (Å²) in [7, 11) is 0. The van der Waals surface area contributed by atoms with E-state index in [-0.39, 0.29) is 68.7 Å². The van der Waals surface area contributed by atoms with Crippen LogP contribution in [0, 0.1) is 0 Å². The van der Waals surface area contributed by atoms with Gasteiger partial charge >= 0.3 is 11.9 Å². The molecule has 4 amide bonds. The van der Waals surface area contributed by atoms with Gasteiger partial charge in [-0.25, -0.2) is 19.6 Å². The molecular weight excluding hydrogens is 994 g/mol. The molecule has 2 atom stereocenters. The van der Waals surface area contributed by atoms with Crippen LogP contribution in [0.5, 0.6) is 0 Å². The van der Waals surface area contributed by atoms with Crippen LogP contribution >= 0.6 is 46.4 Å². The summed E-state index contributed by atoms with van der Waals surface area (Å²) in [6, 6.07) is 27.4. The van der Waals surface area contributed by atoms with E-state index < -0.39 is 35.8 Å². The molecule has 0 spiro atoms. The summed E-state index contributed by atoms with van der Waals surface area (Å²) >= 11 is 25.4. The molecule has 0 bridgehead atoms. The van der Waals surface area contributed by atoms with Crippen molar-refractivity contribution in [2.24, 2.45) is 0 Å². The lowest BCUT2D eigenvalue weighted by Crippen LogP contribution is -2.42. The second-order valence-electron chi connectivity index (χ2n) is 16.1. The Balaban J connectivity index is 0.924. The van der Waals surface area contributed by atoms with Gasteiger partial charge in [-0.1, -0.05) is 88.9 Å². The van der Waals surface area contributed by atoms with Gasteiger partial charge in [-0.3, -0.25) is 19.2 Å². The Hall–Kier alpha value is -7.24. The Bertz CT molecular complexity index is 2820. The third-order valence-electron chi connectivity index (χ3n) is 10.8. The maximum absolute atomic E-state index is 13.6. The molecule has 0 aliphatic rings. The van der Waals surface area contributed by atoms with E-state index in [4.69, 9.17) is 46.4 Å². The van der Waals surface area contributed by atoms with Gasteiger partial charge in [0, 0.05) is 73.7 Å². The molecule has 71 heavy (non-hydrogen) atoms. The van der Waals surface area contributed by atoms with Crippen molar-refractivity contribution in [3.63, 3.8) is 0 Å². The average Bonchev–Trinajstić information content (AvgIpc) is 3.34. The van der Waals surface area contributed by atoms with Crippen LogP contribution in [0.3, 0.4) is 0 Å². The molecule has 0 aliphatic carbocycles. The topological polar surface area (TPSA) is 241 Å². The van der Waals surface area contributed by atoms with Crippen LogP contribution in [0.15, 0.2) is 122 Å². The molecule has 0 saturated carbocycles. The first-order valence-electron chi connectivity index (χ1n) is 22.3. The molecule has 16 nitrogen and oxygen atoms in total. The lowest BCUT2D eigenvalue weighted by molar-refractivity contribution is -0.140. The van der Waals surface area contributed by atoms with Crippen LogP contribution in [-0.2, 0) is 32.0 Å². The monoisotopic (exact) mass is 1040 g/mol. The highest BCUT2D eigenvalue weighted by Crippen LogP contribution is 2.35. The van der Waals surface area contributed by atoms with Crippen LogP contribution in [0.25, 0.3) is 11.1 Å². The molecule has 20 heteroatoms. The largest absolute Gasteiger partial charge is 0.480 e. The number of carboxylic acids is 2. The van der Waals surface area contributed by atoms with E-state index in [9.17, 15) is 39.0 Å². The fourth-order valence-corrected chi connectivity index (χ4v) is 8.36. The predicted octanol–water partition coefficient (Wildman–Crippen LogP) is 9.66. The highest BCUT2D eigenvalue weighted by molar-refractivity contribution is 6.41. The number of hydrogen-bond donors (Lipinski definition) is 8. The number of nitrogens with one attached hydrogen (secondary N) is 6. The lowest BCUT2D eigenvalue weighted by atomic mass is 10.0. The van der Waals surface area contributed by atoms with Gasteiger partial charge in [0.15, 0.2) is 0 Å². The minimum atomic E-state index is -1.33. The summed E-state index contributed by atoms with van der Waals surface area (Å²) in [5.41, 5.74) is 3.20. The van der Waals surface area contributed by atoms with Crippen LogP contribution < -0.4 is 31.9 Å². The smallest absolute Gasteiger partial charge is 0.326 e.